The molecule has 1 N–H and O–H groups in total. The summed E-state index contributed by atoms with van der Waals surface area (Å²) >= 11 is 0. The Labute approximate surface area is 268 Å². The third-order valence-electron chi connectivity index (χ3n) is 9.37. The van der Waals surface area contributed by atoms with Gasteiger partial charge < -0.3 is 14.7 Å². The number of hydrogen-bond acceptors (Lipinski definition) is 4. The summed E-state index contributed by atoms with van der Waals surface area (Å²) in [5.41, 5.74) is 5.17. The summed E-state index contributed by atoms with van der Waals surface area (Å²) in [5.74, 6) is -1.13. The van der Waals surface area contributed by atoms with Crippen molar-refractivity contribution in [2.75, 3.05) is 24.6 Å². The second-order valence-electron chi connectivity index (χ2n) is 12.8. The fourth-order valence-corrected chi connectivity index (χ4v) is 7.30. The molecule has 7 heteroatoms. The van der Waals surface area contributed by atoms with Gasteiger partial charge in [-0.2, -0.15) is 4.58 Å². The summed E-state index contributed by atoms with van der Waals surface area (Å²) < 4.78 is 21.4. The molecule has 0 atom stereocenters. The summed E-state index contributed by atoms with van der Waals surface area (Å²) in [6, 6.07) is 21.6. The molecule has 2 heterocycles. The number of carboxylic acid groups (broad SMARTS) is 1. The van der Waals surface area contributed by atoms with Crippen LogP contribution in [0.1, 0.15) is 45.2 Å². The Bertz CT molecular complexity index is 2000. The molecule has 6 nitrogen and oxygen atoms in total. The summed E-state index contributed by atoms with van der Waals surface area (Å²) in [4.78, 5) is 24.7. The fraction of sp³-hybridized carbons (Fsp3) is 0.256. The maximum atomic E-state index is 14.3. The molecule has 2 aliphatic rings. The quantitative estimate of drug-likeness (QED) is 0.0643. The van der Waals surface area contributed by atoms with Crippen molar-refractivity contribution in [3.8, 4) is 0 Å². The summed E-state index contributed by atoms with van der Waals surface area (Å²) in [6.45, 7) is 9.97. The van der Waals surface area contributed by atoms with Crippen molar-refractivity contribution in [1.29, 1.82) is 0 Å². The Morgan fingerprint density at radius 3 is 2.28 bits per heavy atom. The first kappa shape index (κ1) is 31.0. The third-order valence-corrected chi connectivity index (χ3v) is 9.37. The van der Waals surface area contributed by atoms with E-state index in [0.717, 1.165) is 39.1 Å². The van der Waals surface area contributed by atoms with Crippen molar-refractivity contribution in [1.82, 2.24) is 0 Å². The van der Waals surface area contributed by atoms with Gasteiger partial charge in [0.2, 0.25) is 5.69 Å². The molecular weight excluding hydrogens is 579 g/mol. The second kappa shape index (κ2) is 12.0. The van der Waals surface area contributed by atoms with Gasteiger partial charge in [-0.15, -0.1) is 0 Å². The van der Waals surface area contributed by atoms with Crippen molar-refractivity contribution in [3.05, 3.63) is 120 Å². The van der Waals surface area contributed by atoms with E-state index in [4.69, 9.17) is 4.74 Å². The van der Waals surface area contributed by atoms with Crippen LogP contribution in [0.5, 0.6) is 0 Å². The number of carbonyl (C=O) groups is 2. The average molecular weight is 618 g/mol. The molecule has 4 aromatic rings. The van der Waals surface area contributed by atoms with Gasteiger partial charge in [-0.3, -0.25) is 9.59 Å². The van der Waals surface area contributed by atoms with Gasteiger partial charge in [0.1, 0.15) is 18.8 Å². The van der Waals surface area contributed by atoms with Crippen molar-refractivity contribution in [2.45, 2.75) is 44.9 Å². The van der Waals surface area contributed by atoms with Gasteiger partial charge in [-0.1, -0.05) is 74.5 Å². The first-order valence-corrected chi connectivity index (χ1v) is 15.6. The Morgan fingerprint density at radius 1 is 0.913 bits per heavy atom. The first-order chi connectivity index (χ1) is 22.1. The summed E-state index contributed by atoms with van der Waals surface area (Å²) in [6.07, 6.45) is 10.0. The molecule has 234 valence electrons. The second-order valence-corrected chi connectivity index (χ2v) is 12.8. The minimum Gasteiger partial charge on any atom is -0.481 e. The van der Waals surface area contributed by atoms with E-state index in [2.05, 4.69) is 79.6 Å². The number of benzene rings is 4. The molecule has 0 amide bonds. The van der Waals surface area contributed by atoms with Crippen LogP contribution in [0.3, 0.4) is 0 Å². The van der Waals surface area contributed by atoms with Gasteiger partial charge in [0.15, 0.2) is 12.3 Å². The minimum atomic E-state index is -0.839. The van der Waals surface area contributed by atoms with E-state index in [1.165, 1.54) is 22.4 Å². The van der Waals surface area contributed by atoms with Crippen LogP contribution in [-0.2, 0) is 25.2 Å². The van der Waals surface area contributed by atoms with E-state index in [1.807, 2.05) is 36.4 Å². The van der Waals surface area contributed by atoms with Crippen molar-refractivity contribution >= 4 is 51.1 Å². The van der Waals surface area contributed by atoms with Crippen molar-refractivity contribution in [3.63, 3.8) is 0 Å². The van der Waals surface area contributed by atoms with E-state index in [-0.39, 0.29) is 18.8 Å². The Kier molecular flexibility index (Phi) is 8.11. The highest BCUT2D eigenvalue weighted by Gasteiger charge is 2.47. The molecule has 0 saturated carbocycles. The zero-order chi connectivity index (χ0) is 32.6. The molecule has 6 rings (SSSR count). The number of rotatable bonds is 10. The van der Waals surface area contributed by atoms with Crippen LogP contribution in [-0.4, -0.2) is 47.5 Å². The zero-order valence-electron chi connectivity index (χ0n) is 26.6. The molecule has 0 aromatic heterocycles. The molecule has 0 saturated heterocycles. The lowest BCUT2D eigenvalue weighted by atomic mass is 9.78. The molecule has 4 aromatic carbocycles. The summed E-state index contributed by atoms with van der Waals surface area (Å²) in [5, 5.41) is 14.3. The van der Waals surface area contributed by atoms with Crippen LogP contribution < -0.4 is 4.90 Å². The lowest BCUT2D eigenvalue weighted by Crippen LogP contribution is -2.29. The van der Waals surface area contributed by atoms with Gasteiger partial charge in [0.05, 0.1) is 17.3 Å². The van der Waals surface area contributed by atoms with E-state index in [1.54, 1.807) is 12.1 Å². The highest BCUT2D eigenvalue weighted by Crippen LogP contribution is 2.49. The fourth-order valence-electron chi connectivity index (χ4n) is 7.30. The van der Waals surface area contributed by atoms with Crippen LogP contribution in [0.4, 0.5) is 15.8 Å². The van der Waals surface area contributed by atoms with E-state index in [0.29, 0.717) is 19.6 Å². The standard InChI is InChI=1S/C39H37FN2O4/c1-38(2)31-24-26(40)18-19-32(31)41(22-23-46-25-43)33(38)16-6-5-7-17-34-39(3,4)36-29-14-10-8-12-27(29)28-13-9-11-15-30(28)37(36)42(34)21-20-35(44)45/h5-19,24-25H,20-23H2,1-4H3/p+1. The predicted molar refractivity (Wildman–Crippen MR) is 182 cm³/mol. The Balaban J connectivity index is 1.41. The van der Waals surface area contributed by atoms with Crippen LogP contribution in [0.15, 0.2) is 103 Å². The van der Waals surface area contributed by atoms with E-state index >= 15 is 0 Å². The number of aliphatic carboxylic acids is 1. The minimum absolute atomic E-state index is 0.00976. The topological polar surface area (TPSA) is 69.8 Å². The van der Waals surface area contributed by atoms with Crippen molar-refractivity contribution < 1.29 is 28.4 Å². The molecule has 0 aliphatic carbocycles. The summed E-state index contributed by atoms with van der Waals surface area (Å²) in [7, 11) is 0. The lowest BCUT2D eigenvalue weighted by Gasteiger charge is -2.26. The third kappa shape index (κ3) is 5.19. The number of carbonyl (C=O) groups excluding carboxylic acids is 1. The molecule has 2 aliphatic heterocycles. The van der Waals surface area contributed by atoms with Crippen LogP contribution in [0, 0.1) is 5.82 Å². The normalized spacial score (nSPS) is 17.5. The van der Waals surface area contributed by atoms with Crippen LogP contribution >= 0.6 is 0 Å². The molecule has 0 unspecified atom stereocenters. The van der Waals surface area contributed by atoms with Gasteiger partial charge >= 0.3 is 5.97 Å². The Morgan fingerprint density at radius 2 is 1.59 bits per heavy atom. The smallest absolute Gasteiger partial charge is 0.309 e. The molecule has 0 bridgehead atoms. The lowest BCUT2D eigenvalue weighted by molar-refractivity contribution is -0.435. The van der Waals surface area contributed by atoms with Crippen molar-refractivity contribution in [2.24, 2.45) is 0 Å². The van der Waals surface area contributed by atoms with E-state index in [9.17, 15) is 19.1 Å². The molecule has 0 radical (unpaired) electrons. The van der Waals surface area contributed by atoms with Gasteiger partial charge in [-0.25, -0.2) is 4.39 Å². The maximum Gasteiger partial charge on any atom is 0.309 e. The monoisotopic (exact) mass is 617 g/mol. The Hall–Kier alpha value is -5.04. The number of anilines is 1. The van der Waals surface area contributed by atoms with Crippen LogP contribution in [0.25, 0.3) is 21.5 Å². The van der Waals surface area contributed by atoms with E-state index < -0.39 is 16.8 Å². The maximum absolute atomic E-state index is 14.3. The zero-order valence-corrected chi connectivity index (χ0v) is 26.6. The molecule has 0 fully saturated rings. The largest absolute Gasteiger partial charge is 0.481 e. The van der Waals surface area contributed by atoms with Gasteiger partial charge in [0, 0.05) is 28.4 Å². The number of allylic oxidation sites excluding steroid dienone is 6. The molecule has 46 heavy (non-hydrogen) atoms. The number of carboxylic acids is 1. The SMILES string of the molecule is CC1(C)C(=CC=CC=CC2=[N+](CCC(=O)O)c3c(c4ccccc4c4ccccc34)C2(C)C)N(CCOC=O)c2ccc(F)cc21. The predicted octanol–water partition coefficient (Wildman–Crippen LogP) is 7.95. The molecule has 0 spiro atoms. The number of ether oxygens (including phenoxy) is 1. The number of nitrogens with zero attached hydrogens (tertiary/aromatic N) is 2. The van der Waals surface area contributed by atoms with Gasteiger partial charge in [-0.05, 0) is 65.9 Å². The van der Waals surface area contributed by atoms with Crippen LogP contribution in [0.2, 0.25) is 0 Å². The highest BCUT2D eigenvalue weighted by molar-refractivity contribution is 6.18. The highest BCUT2D eigenvalue weighted by atomic mass is 19.1. The first-order valence-electron chi connectivity index (χ1n) is 15.6. The number of hydrogen-bond donors (Lipinski definition) is 1. The average Bonchev–Trinajstić information content (AvgIpc) is 3.38. The number of halogens is 1. The van der Waals surface area contributed by atoms with Gasteiger partial charge in [0.25, 0.3) is 6.47 Å². The number of fused-ring (bicyclic) bond motifs is 7. The molecular formula is C39H38FN2O4+.